The zero-order valence-corrected chi connectivity index (χ0v) is 8.72. The number of allylic oxidation sites excluding steroid dienone is 1. The van der Waals surface area contributed by atoms with E-state index in [1.807, 2.05) is 20.0 Å². The van der Waals surface area contributed by atoms with Crippen molar-refractivity contribution in [3.8, 4) is 0 Å². The molecule has 0 aliphatic rings. The normalized spacial score (nSPS) is 11.5. The lowest BCUT2D eigenvalue weighted by Crippen LogP contribution is -2.13. The molecule has 0 radical (unpaired) electrons. The van der Waals surface area contributed by atoms with Gasteiger partial charge in [-0.25, -0.2) is 4.79 Å². The highest BCUT2D eigenvalue weighted by Crippen LogP contribution is 1.98. The van der Waals surface area contributed by atoms with Gasteiger partial charge >= 0.3 is 5.97 Å². The number of nitrogens with one attached hydrogen (secondary N) is 1. The van der Waals surface area contributed by atoms with Gasteiger partial charge in [-0.05, 0) is 33.4 Å². The van der Waals surface area contributed by atoms with Gasteiger partial charge < -0.3 is 10.1 Å². The number of rotatable bonds is 6. The minimum atomic E-state index is -0.196. The summed E-state index contributed by atoms with van der Waals surface area (Å²) in [6.45, 7) is 5.15. The second-order valence-corrected chi connectivity index (χ2v) is 2.89. The van der Waals surface area contributed by atoms with Crippen LogP contribution in [0.2, 0.25) is 0 Å². The van der Waals surface area contributed by atoms with Crippen LogP contribution in [-0.2, 0) is 9.53 Å². The Morgan fingerprint density at radius 1 is 1.54 bits per heavy atom. The van der Waals surface area contributed by atoms with Gasteiger partial charge in [-0.15, -0.1) is 0 Å². The molecule has 0 unspecified atom stereocenters. The molecule has 0 amide bonds. The molecule has 1 N–H and O–H groups in total. The van der Waals surface area contributed by atoms with Crippen LogP contribution in [0.25, 0.3) is 0 Å². The Morgan fingerprint density at radius 2 is 2.23 bits per heavy atom. The molecule has 0 bridgehead atoms. The fourth-order valence-corrected chi connectivity index (χ4v) is 0.917. The molecule has 0 rings (SSSR count). The van der Waals surface area contributed by atoms with Crippen molar-refractivity contribution in [3.63, 3.8) is 0 Å². The molecule has 0 saturated heterocycles. The van der Waals surface area contributed by atoms with Crippen LogP contribution in [0.5, 0.6) is 0 Å². The van der Waals surface area contributed by atoms with E-state index in [4.69, 9.17) is 4.74 Å². The Hall–Kier alpha value is -0.830. The van der Waals surface area contributed by atoms with Crippen molar-refractivity contribution in [2.75, 3.05) is 20.2 Å². The summed E-state index contributed by atoms with van der Waals surface area (Å²) in [5.74, 6) is -0.196. The standard InChI is InChI=1S/C10H19NO2/c1-4-6-9(2)10(12)13-8-5-7-11-3/h6,11H,4-5,7-8H2,1-3H3. The highest BCUT2D eigenvalue weighted by molar-refractivity contribution is 5.87. The number of ether oxygens (including phenoxy) is 1. The predicted molar refractivity (Wildman–Crippen MR) is 53.6 cm³/mol. The lowest BCUT2D eigenvalue weighted by Gasteiger charge is -2.04. The van der Waals surface area contributed by atoms with Crippen molar-refractivity contribution in [3.05, 3.63) is 11.6 Å². The Morgan fingerprint density at radius 3 is 2.77 bits per heavy atom. The predicted octanol–water partition coefficient (Wildman–Crippen LogP) is 1.50. The highest BCUT2D eigenvalue weighted by atomic mass is 16.5. The van der Waals surface area contributed by atoms with Crippen LogP contribution >= 0.6 is 0 Å². The maximum atomic E-state index is 11.2. The molecule has 0 heterocycles. The first-order chi connectivity index (χ1) is 6.22. The van der Waals surface area contributed by atoms with E-state index < -0.39 is 0 Å². The second-order valence-electron chi connectivity index (χ2n) is 2.89. The minimum Gasteiger partial charge on any atom is -0.462 e. The van der Waals surface area contributed by atoms with Crippen molar-refractivity contribution in [1.82, 2.24) is 5.32 Å². The summed E-state index contributed by atoms with van der Waals surface area (Å²) in [5, 5.41) is 2.99. The number of esters is 1. The van der Waals surface area contributed by atoms with Crippen LogP contribution in [0.1, 0.15) is 26.7 Å². The first-order valence-corrected chi connectivity index (χ1v) is 4.70. The zero-order valence-electron chi connectivity index (χ0n) is 8.72. The number of hydrogen-bond acceptors (Lipinski definition) is 3. The third kappa shape index (κ3) is 6.34. The zero-order chi connectivity index (χ0) is 10.1. The Bertz CT molecular complexity index is 176. The maximum Gasteiger partial charge on any atom is 0.333 e. The van der Waals surface area contributed by atoms with Crippen LogP contribution in [0, 0.1) is 0 Å². The molecular weight excluding hydrogens is 166 g/mol. The van der Waals surface area contributed by atoms with Gasteiger partial charge in [-0.3, -0.25) is 0 Å². The van der Waals surface area contributed by atoms with Gasteiger partial charge in [0, 0.05) is 5.57 Å². The van der Waals surface area contributed by atoms with E-state index in [9.17, 15) is 4.79 Å². The third-order valence-corrected chi connectivity index (χ3v) is 1.64. The number of carbonyl (C=O) groups is 1. The van der Waals surface area contributed by atoms with Crippen molar-refractivity contribution >= 4 is 5.97 Å². The highest BCUT2D eigenvalue weighted by Gasteiger charge is 2.03. The van der Waals surface area contributed by atoms with Crippen LogP contribution in [0.15, 0.2) is 11.6 Å². The van der Waals surface area contributed by atoms with Crippen LogP contribution in [0.3, 0.4) is 0 Å². The van der Waals surface area contributed by atoms with Gasteiger partial charge in [0.15, 0.2) is 0 Å². The maximum absolute atomic E-state index is 11.2. The van der Waals surface area contributed by atoms with E-state index in [2.05, 4.69) is 5.32 Å². The summed E-state index contributed by atoms with van der Waals surface area (Å²) >= 11 is 0. The average molecular weight is 185 g/mol. The van der Waals surface area contributed by atoms with Gasteiger partial charge in [0.25, 0.3) is 0 Å². The lowest BCUT2D eigenvalue weighted by molar-refractivity contribution is -0.139. The van der Waals surface area contributed by atoms with E-state index in [0.29, 0.717) is 12.2 Å². The molecule has 0 saturated carbocycles. The Kier molecular flexibility index (Phi) is 7.30. The fourth-order valence-electron chi connectivity index (χ4n) is 0.917. The monoisotopic (exact) mass is 185 g/mol. The quantitative estimate of drug-likeness (QED) is 0.387. The molecule has 0 aliphatic carbocycles. The van der Waals surface area contributed by atoms with Crippen molar-refractivity contribution in [2.24, 2.45) is 0 Å². The molecule has 3 heteroatoms. The van der Waals surface area contributed by atoms with Crippen molar-refractivity contribution in [2.45, 2.75) is 26.7 Å². The summed E-state index contributed by atoms with van der Waals surface area (Å²) < 4.78 is 5.01. The molecule has 0 fully saturated rings. The second kappa shape index (κ2) is 7.80. The van der Waals surface area contributed by atoms with Gasteiger partial charge in [0.2, 0.25) is 0 Å². The first-order valence-electron chi connectivity index (χ1n) is 4.70. The lowest BCUT2D eigenvalue weighted by atomic mass is 10.2. The molecule has 3 nitrogen and oxygen atoms in total. The Balaban J connectivity index is 3.56. The smallest absolute Gasteiger partial charge is 0.333 e. The van der Waals surface area contributed by atoms with Crippen LogP contribution < -0.4 is 5.32 Å². The van der Waals surface area contributed by atoms with Crippen molar-refractivity contribution < 1.29 is 9.53 Å². The fraction of sp³-hybridized carbons (Fsp3) is 0.700. The van der Waals surface area contributed by atoms with Gasteiger partial charge in [0.05, 0.1) is 6.61 Å². The number of hydrogen-bond donors (Lipinski definition) is 1. The topological polar surface area (TPSA) is 38.3 Å². The Labute approximate surface area is 80.2 Å². The molecule has 0 atom stereocenters. The summed E-state index contributed by atoms with van der Waals surface area (Å²) in [6.07, 6.45) is 3.61. The number of carbonyl (C=O) groups excluding carboxylic acids is 1. The van der Waals surface area contributed by atoms with Gasteiger partial charge in [-0.2, -0.15) is 0 Å². The summed E-state index contributed by atoms with van der Waals surface area (Å²) in [5.41, 5.74) is 0.701. The molecule has 76 valence electrons. The van der Waals surface area contributed by atoms with E-state index in [1.165, 1.54) is 0 Å². The average Bonchev–Trinajstić information content (AvgIpc) is 2.12. The van der Waals surface area contributed by atoms with E-state index in [1.54, 1.807) is 6.92 Å². The third-order valence-electron chi connectivity index (χ3n) is 1.64. The summed E-state index contributed by atoms with van der Waals surface area (Å²) in [4.78, 5) is 11.2. The SMILES string of the molecule is CCC=C(C)C(=O)OCCCNC. The van der Waals surface area contributed by atoms with Crippen LogP contribution in [0.4, 0.5) is 0 Å². The molecule has 0 aromatic carbocycles. The van der Waals surface area contributed by atoms with E-state index in [-0.39, 0.29) is 5.97 Å². The largest absolute Gasteiger partial charge is 0.462 e. The van der Waals surface area contributed by atoms with E-state index >= 15 is 0 Å². The van der Waals surface area contributed by atoms with E-state index in [0.717, 1.165) is 19.4 Å². The minimum absolute atomic E-state index is 0.196. The molecule has 0 spiro atoms. The molecule has 13 heavy (non-hydrogen) atoms. The molecular formula is C10H19NO2. The van der Waals surface area contributed by atoms with Crippen LogP contribution in [-0.4, -0.2) is 26.2 Å². The molecule has 0 aliphatic heterocycles. The summed E-state index contributed by atoms with van der Waals surface area (Å²) in [7, 11) is 1.88. The molecule has 0 aromatic heterocycles. The molecule has 0 aromatic rings. The summed E-state index contributed by atoms with van der Waals surface area (Å²) in [6, 6.07) is 0. The van der Waals surface area contributed by atoms with Gasteiger partial charge in [0.1, 0.15) is 0 Å². The first kappa shape index (κ1) is 12.2. The van der Waals surface area contributed by atoms with Gasteiger partial charge in [-0.1, -0.05) is 13.0 Å². The van der Waals surface area contributed by atoms with Crippen molar-refractivity contribution in [1.29, 1.82) is 0 Å².